The van der Waals surface area contributed by atoms with Crippen LogP contribution in [-0.4, -0.2) is 31.8 Å². The monoisotopic (exact) mass is 476 g/mol. The average Bonchev–Trinajstić information content (AvgIpc) is 3.04. The lowest BCUT2D eigenvalue weighted by atomic mass is 10.1. The molecule has 8 nitrogen and oxygen atoms in total. The number of rotatable bonds is 5. The molecular formula is C24H17FN4O4S. The van der Waals surface area contributed by atoms with E-state index >= 15 is 0 Å². The van der Waals surface area contributed by atoms with Crippen molar-refractivity contribution in [2.75, 3.05) is 21.5 Å². The Hall–Kier alpha value is -4.31. The molecule has 0 atom stereocenters. The fourth-order valence-corrected chi connectivity index (χ4v) is 5.53. The minimum Gasteiger partial charge on any atom is -0.323 e. The molecule has 0 fully saturated rings. The Kier molecular flexibility index (Phi) is 5.21. The number of hydrogen-bond donors (Lipinski definition) is 2. The van der Waals surface area contributed by atoms with Crippen LogP contribution in [0.25, 0.3) is 10.8 Å². The highest BCUT2D eigenvalue weighted by Crippen LogP contribution is 2.41. The van der Waals surface area contributed by atoms with Crippen molar-refractivity contribution in [3.63, 3.8) is 0 Å². The predicted octanol–water partition coefficient (Wildman–Crippen LogP) is 3.77. The van der Waals surface area contributed by atoms with Gasteiger partial charge in [0.05, 0.1) is 22.0 Å². The third kappa shape index (κ3) is 3.73. The second-order valence-corrected chi connectivity index (χ2v) is 9.38. The van der Waals surface area contributed by atoms with Crippen LogP contribution in [0.5, 0.6) is 0 Å². The molecule has 0 spiro atoms. The van der Waals surface area contributed by atoms with E-state index in [1.54, 1.807) is 42.5 Å². The van der Waals surface area contributed by atoms with Crippen molar-refractivity contribution >= 4 is 49.7 Å². The van der Waals surface area contributed by atoms with Crippen molar-refractivity contribution in [3.05, 3.63) is 90.5 Å². The van der Waals surface area contributed by atoms with Crippen LogP contribution in [0, 0.1) is 5.82 Å². The first-order valence-electron chi connectivity index (χ1n) is 10.2. The standard InChI is InChI=1S/C24H17FN4O4S/c25-16-10-11-17(28-24(31)18-7-1-2-12-26-18)19(13-16)27-22(30)14-29-20-8-3-5-15-6-4-9-21(23(15)20)34(29,32)33/h1-13H,14H2,(H,27,30)(H,28,31). The van der Waals surface area contributed by atoms with Gasteiger partial charge in [-0.05, 0) is 47.9 Å². The third-order valence-electron chi connectivity index (χ3n) is 5.37. The van der Waals surface area contributed by atoms with E-state index in [1.165, 1.54) is 24.4 Å². The Bertz CT molecular complexity index is 1550. The van der Waals surface area contributed by atoms with Crippen molar-refractivity contribution in [1.82, 2.24) is 4.98 Å². The SMILES string of the molecule is O=C(CN1c2cccc3cccc(c23)S1(=O)=O)Nc1cc(F)ccc1NC(=O)c1ccccn1. The first-order valence-corrected chi connectivity index (χ1v) is 11.6. The zero-order chi connectivity index (χ0) is 23.9. The van der Waals surface area contributed by atoms with E-state index in [-0.39, 0.29) is 22.0 Å². The highest BCUT2D eigenvalue weighted by Gasteiger charge is 2.36. The highest BCUT2D eigenvalue weighted by atomic mass is 32.2. The molecule has 2 heterocycles. The van der Waals surface area contributed by atoms with Crippen molar-refractivity contribution < 1.29 is 22.4 Å². The summed E-state index contributed by atoms with van der Waals surface area (Å²) in [6, 6.07) is 18.4. The van der Waals surface area contributed by atoms with E-state index in [0.29, 0.717) is 11.1 Å². The van der Waals surface area contributed by atoms with Gasteiger partial charge < -0.3 is 10.6 Å². The maximum Gasteiger partial charge on any atom is 0.274 e. The van der Waals surface area contributed by atoms with Crippen molar-refractivity contribution in [2.24, 2.45) is 0 Å². The van der Waals surface area contributed by atoms with Crippen LogP contribution in [0.15, 0.2) is 83.9 Å². The van der Waals surface area contributed by atoms with Gasteiger partial charge >= 0.3 is 0 Å². The number of nitrogens with one attached hydrogen (secondary N) is 2. The molecule has 1 aromatic heterocycles. The summed E-state index contributed by atoms with van der Waals surface area (Å²) in [6.45, 7) is -0.528. The molecule has 10 heteroatoms. The fraction of sp³-hybridized carbons (Fsp3) is 0.0417. The van der Waals surface area contributed by atoms with Gasteiger partial charge in [-0.25, -0.2) is 12.8 Å². The van der Waals surface area contributed by atoms with Crippen LogP contribution in [-0.2, 0) is 14.8 Å². The summed E-state index contributed by atoms with van der Waals surface area (Å²) < 4.78 is 41.2. The van der Waals surface area contributed by atoms with E-state index in [4.69, 9.17) is 0 Å². The molecule has 3 aromatic carbocycles. The number of carbonyl (C=O) groups excluding carboxylic acids is 2. The van der Waals surface area contributed by atoms with E-state index in [1.807, 2.05) is 0 Å². The van der Waals surface area contributed by atoms with Gasteiger partial charge in [-0.2, -0.15) is 0 Å². The third-order valence-corrected chi connectivity index (χ3v) is 7.17. The Morgan fingerprint density at radius 2 is 1.71 bits per heavy atom. The predicted molar refractivity (Wildman–Crippen MR) is 126 cm³/mol. The minimum atomic E-state index is -3.94. The highest BCUT2D eigenvalue weighted by molar-refractivity contribution is 7.93. The molecule has 1 aliphatic rings. The Balaban J connectivity index is 1.40. The summed E-state index contributed by atoms with van der Waals surface area (Å²) in [6.07, 6.45) is 1.46. The first-order chi connectivity index (χ1) is 16.3. The molecule has 5 rings (SSSR count). The van der Waals surface area contributed by atoms with Gasteiger partial charge in [0.25, 0.3) is 15.9 Å². The largest absolute Gasteiger partial charge is 0.323 e. The number of benzene rings is 3. The first kappa shape index (κ1) is 21.5. The summed E-state index contributed by atoms with van der Waals surface area (Å²) in [4.78, 5) is 29.4. The number of aromatic nitrogens is 1. The fourth-order valence-electron chi connectivity index (χ4n) is 3.86. The molecule has 2 N–H and O–H groups in total. The number of hydrogen-bond acceptors (Lipinski definition) is 5. The maximum atomic E-state index is 13.9. The van der Waals surface area contributed by atoms with Gasteiger partial charge in [-0.3, -0.25) is 18.9 Å². The van der Waals surface area contributed by atoms with Gasteiger partial charge in [-0.1, -0.05) is 30.3 Å². The molecule has 0 saturated heterocycles. The van der Waals surface area contributed by atoms with Crippen LogP contribution >= 0.6 is 0 Å². The molecular weight excluding hydrogens is 459 g/mol. The van der Waals surface area contributed by atoms with E-state index in [9.17, 15) is 22.4 Å². The van der Waals surface area contributed by atoms with Crippen LogP contribution < -0.4 is 14.9 Å². The molecule has 0 radical (unpaired) electrons. The summed E-state index contributed by atoms with van der Waals surface area (Å²) in [5, 5.41) is 6.39. The molecule has 0 aliphatic carbocycles. The minimum absolute atomic E-state index is 0.0124. The molecule has 4 aromatic rings. The molecule has 0 bridgehead atoms. The topological polar surface area (TPSA) is 108 Å². The number of amides is 2. The Morgan fingerprint density at radius 1 is 0.912 bits per heavy atom. The zero-order valence-corrected chi connectivity index (χ0v) is 18.3. The van der Waals surface area contributed by atoms with E-state index < -0.39 is 34.2 Å². The number of carbonyl (C=O) groups is 2. The second-order valence-electron chi connectivity index (χ2n) is 7.55. The number of sulfonamides is 1. The van der Waals surface area contributed by atoms with Crippen LogP contribution in [0.4, 0.5) is 21.5 Å². The summed E-state index contributed by atoms with van der Waals surface area (Å²) in [5.41, 5.74) is 0.658. The summed E-state index contributed by atoms with van der Waals surface area (Å²) in [7, 11) is -3.94. The lowest BCUT2D eigenvalue weighted by molar-refractivity contribution is -0.114. The quantitative estimate of drug-likeness (QED) is 0.456. The Morgan fingerprint density at radius 3 is 2.47 bits per heavy atom. The summed E-state index contributed by atoms with van der Waals surface area (Å²) >= 11 is 0. The van der Waals surface area contributed by atoms with Gasteiger partial charge in [0.2, 0.25) is 5.91 Å². The number of anilines is 3. The maximum absolute atomic E-state index is 13.9. The van der Waals surface area contributed by atoms with Crippen LogP contribution in [0.2, 0.25) is 0 Å². The van der Waals surface area contributed by atoms with Crippen LogP contribution in [0.1, 0.15) is 10.5 Å². The molecule has 34 heavy (non-hydrogen) atoms. The molecule has 170 valence electrons. The molecule has 2 amide bonds. The van der Waals surface area contributed by atoms with Gasteiger partial charge in [0.1, 0.15) is 18.1 Å². The average molecular weight is 476 g/mol. The summed E-state index contributed by atoms with van der Waals surface area (Å²) in [5.74, 6) is -1.89. The van der Waals surface area contributed by atoms with Crippen LogP contribution in [0.3, 0.4) is 0 Å². The van der Waals surface area contributed by atoms with Gasteiger partial charge in [-0.15, -0.1) is 0 Å². The van der Waals surface area contributed by atoms with Gasteiger partial charge in [0.15, 0.2) is 0 Å². The molecule has 0 unspecified atom stereocenters. The van der Waals surface area contributed by atoms with E-state index in [0.717, 1.165) is 21.8 Å². The smallest absolute Gasteiger partial charge is 0.274 e. The normalized spacial score (nSPS) is 13.6. The number of pyridine rings is 1. The second kappa shape index (κ2) is 8.23. The lowest BCUT2D eigenvalue weighted by Crippen LogP contribution is -2.35. The number of nitrogens with zero attached hydrogens (tertiary/aromatic N) is 2. The van der Waals surface area contributed by atoms with E-state index in [2.05, 4.69) is 15.6 Å². The lowest BCUT2D eigenvalue weighted by Gasteiger charge is -2.19. The van der Waals surface area contributed by atoms with Crippen molar-refractivity contribution in [1.29, 1.82) is 0 Å². The Labute approximate surface area is 194 Å². The molecule has 1 aliphatic heterocycles. The molecule has 0 saturated carbocycles. The van der Waals surface area contributed by atoms with Crippen molar-refractivity contribution in [3.8, 4) is 0 Å². The number of halogens is 1. The van der Waals surface area contributed by atoms with Gasteiger partial charge in [0, 0.05) is 11.6 Å². The van der Waals surface area contributed by atoms with Crippen molar-refractivity contribution in [2.45, 2.75) is 4.90 Å². The zero-order valence-electron chi connectivity index (χ0n) is 17.5.